The zero-order valence-electron chi connectivity index (χ0n) is 9.93. The summed E-state index contributed by atoms with van der Waals surface area (Å²) >= 11 is 0.962. The van der Waals surface area contributed by atoms with E-state index in [1.807, 2.05) is 0 Å². The minimum absolute atomic E-state index is 0.150. The van der Waals surface area contributed by atoms with E-state index >= 15 is 0 Å². The van der Waals surface area contributed by atoms with Crippen molar-refractivity contribution in [2.24, 2.45) is 4.99 Å². The van der Waals surface area contributed by atoms with Gasteiger partial charge in [-0.25, -0.2) is 0 Å². The van der Waals surface area contributed by atoms with Gasteiger partial charge in [0.25, 0.3) is 0 Å². The summed E-state index contributed by atoms with van der Waals surface area (Å²) < 4.78 is 6.55. The molecule has 18 heavy (non-hydrogen) atoms. The third-order valence-corrected chi connectivity index (χ3v) is 7.31. The SMILES string of the molecule is C[C@@H](O)[C@H]1O[C@@H]2SC([AsH]CCO)=N[C@@H]2[C@@H](O)[C@@H]1O. The van der Waals surface area contributed by atoms with E-state index < -0.39 is 46.2 Å². The molecule has 2 aliphatic heterocycles. The fraction of sp³-hybridized carbons (Fsp3) is 0.900. The second-order valence-electron chi connectivity index (χ2n) is 4.38. The Morgan fingerprint density at radius 1 is 1.44 bits per heavy atom. The molecule has 1 fully saturated rings. The molecule has 0 aromatic rings. The fourth-order valence-corrected chi connectivity index (χ4v) is 6.04. The summed E-state index contributed by atoms with van der Waals surface area (Å²) in [6.07, 6.45) is -3.74. The van der Waals surface area contributed by atoms with Crippen molar-refractivity contribution in [1.82, 2.24) is 0 Å². The molecule has 0 aliphatic carbocycles. The number of aliphatic hydroxyl groups excluding tert-OH is 4. The van der Waals surface area contributed by atoms with Gasteiger partial charge in [0.05, 0.1) is 0 Å². The maximum atomic E-state index is 10.0. The molecular formula is C10H18AsNO5S. The van der Waals surface area contributed by atoms with Gasteiger partial charge in [0.2, 0.25) is 0 Å². The van der Waals surface area contributed by atoms with Crippen LogP contribution in [-0.2, 0) is 4.74 Å². The van der Waals surface area contributed by atoms with E-state index in [4.69, 9.17) is 9.84 Å². The van der Waals surface area contributed by atoms with E-state index in [-0.39, 0.29) is 12.0 Å². The third kappa shape index (κ3) is 2.93. The summed E-state index contributed by atoms with van der Waals surface area (Å²) in [5, 5.41) is 39.0. The second-order valence-corrected chi connectivity index (χ2v) is 9.02. The number of fused-ring (bicyclic) bond motifs is 1. The molecule has 1 unspecified atom stereocenters. The van der Waals surface area contributed by atoms with E-state index in [0.717, 1.165) is 9.04 Å². The van der Waals surface area contributed by atoms with E-state index in [1.165, 1.54) is 18.7 Å². The Hall–Kier alpha value is 0.378. The molecule has 6 nitrogen and oxygen atoms in total. The maximum absolute atomic E-state index is 10.0. The molecule has 2 heterocycles. The van der Waals surface area contributed by atoms with Crippen LogP contribution in [0.25, 0.3) is 0 Å². The minimum atomic E-state index is -1.12. The van der Waals surface area contributed by atoms with Crippen LogP contribution in [-0.4, -0.2) is 82.5 Å². The molecule has 0 radical (unpaired) electrons. The van der Waals surface area contributed by atoms with Gasteiger partial charge in [0, 0.05) is 0 Å². The van der Waals surface area contributed by atoms with Crippen LogP contribution in [0.5, 0.6) is 0 Å². The number of thioether (sulfide) groups is 1. The molecule has 0 aromatic carbocycles. The average molecular weight is 339 g/mol. The normalized spacial score (nSPS) is 42.1. The van der Waals surface area contributed by atoms with E-state index in [2.05, 4.69) is 4.99 Å². The summed E-state index contributed by atoms with van der Waals surface area (Å²) in [5.41, 5.74) is -0.333. The van der Waals surface area contributed by atoms with Crippen LogP contribution >= 0.6 is 11.8 Å². The summed E-state index contributed by atoms with van der Waals surface area (Å²) in [6, 6.07) is -0.461. The molecule has 0 aromatic heterocycles. The molecule has 0 bridgehead atoms. The van der Waals surface area contributed by atoms with Gasteiger partial charge in [0.1, 0.15) is 0 Å². The molecule has 0 amide bonds. The number of hydrogen-bond donors (Lipinski definition) is 4. The van der Waals surface area contributed by atoms with Gasteiger partial charge >= 0.3 is 116 Å². The topological polar surface area (TPSA) is 103 Å². The van der Waals surface area contributed by atoms with Crippen LogP contribution in [0.15, 0.2) is 4.99 Å². The molecule has 0 spiro atoms. The molecule has 4 N–H and O–H groups in total. The number of rotatable bonds is 4. The number of aliphatic hydroxyl groups is 4. The van der Waals surface area contributed by atoms with E-state index in [0.29, 0.717) is 0 Å². The van der Waals surface area contributed by atoms with Crippen molar-refractivity contribution < 1.29 is 25.2 Å². The van der Waals surface area contributed by atoms with Crippen molar-refractivity contribution in [2.45, 2.75) is 48.0 Å². The summed E-state index contributed by atoms with van der Waals surface area (Å²) in [6.45, 7) is 1.68. The first-order chi connectivity index (χ1) is 8.54. The Morgan fingerprint density at radius 3 is 2.78 bits per heavy atom. The monoisotopic (exact) mass is 339 g/mol. The predicted molar refractivity (Wildman–Crippen MR) is 70.2 cm³/mol. The van der Waals surface area contributed by atoms with Gasteiger partial charge in [-0.2, -0.15) is 0 Å². The summed E-state index contributed by atoms with van der Waals surface area (Å²) in [7, 11) is 0. The second kappa shape index (κ2) is 6.22. The Balaban J connectivity index is 2.04. The number of ether oxygens (including phenoxy) is 1. The van der Waals surface area contributed by atoms with E-state index in [1.54, 1.807) is 0 Å². The van der Waals surface area contributed by atoms with Crippen molar-refractivity contribution in [1.29, 1.82) is 0 Å². The first kappa shape index (κ1) is 14.8. The van der Waals surface area contributed by atoms with Gasteiger partial charge in [-0.1, -0.05) is 0 Å². The van der Waals surface area contributed by atoms with Gasteiger partial charge in [-0.15, -0.1) is 0 Å². The first-order valence-electron chi connectivity index (χ1n) is 5.83. The molecular weight excluding hydrogens is 321 g/mol. The van der Waals surface area contributed by atoms with Gasteiger partial charge < -0.3 is 0 Å². The molecule has 104 valence electrons. The van der Waals surface area contributed by atoms with Crippen molar-refractivity contribution >= 4 is 31.3 Å². The van der Waals surface area contributed by atoms with Crippen molar-refractivity contribution in [3.8, 4) is 0 Å². The molecule has 0 saturated carbocycles. The van der Waals surface area contributed by atoms with Crippen LogP contribution in [0.3, 0.4) is 0 Å². The van der Waals surface area contributed by atoms with Crippen LogP contribution < -0.4 is 0 Å². The summed E-state index contributed by atoms with van der Waals surface area (Å²) in [4.78, 5) is 4.38. The molecule has 8 heteroatoms. The number of nitrogens with zero attached hydrogens (tertiary/aromatic N) is 1. The predicted octanol–water partition coefficient (Wildman–Crippen LogP) is -1.87. The Kier molecular flexibility index (Phi) is 5.11. The number of aliphatic imine (C=N–C) groups is 1. The molecule has 2 rings (SSSR count). The van der Waals surface area contributed by atoms with Crippen molar-refractivity contribution in [3.05, 3.63) is 0 Å². The van der Waals surface area contributed by atoms with Crippen molar-refractivity contribution in [2.75, 3.05) is 6.61 Å². The zero-order valence-corrected chi connectivity index (χ0v) is 12.8. The zero-order chi connectivity index (χ0) is 13.3. The quantitative estimate of drug-likeness (QED) is 0.448. The van der Waals surface area contributed by atoms with Crippen LogP contribution in [0, 0.1) is 0 Å². The summed E-state index contributed by atoms with van der Waals surface area (Å²) in [5.74, 6) is 0. The van der Waals surface area contributed by atoms with Crippen LogP contribution in [0.1, 0.15) is 6.92 Å². The third-order valence-electron chi connectivity index (χ3n) is 2.96. The standard InChI is InChI=1S/C10H18AsNO5S/c1-4(14)8-7(16)6(15)5-9(17-8)18-10(12-5)11-2-3-13/h4-9,11,13-16H,2-3H2,1H3/t4-,5-,6-,7+,8-,9-/m1/s1. The molecule has 1 saturated heterocycles. The Bertz CT molecular complexity index is 329. The van der Waals surface area contributed by atoms with Gasteiger partial charge in [0.15, 0.2) is 0 Å². The van der Waals surface area contributed by atoms with E-state index in [9.17, 15) is 15.3 Å². The van der Waals surface area contributed by atoms with Crippen LogP contribution in [0.4, 0.5) is 0 Å². The average Bonchev–Trinajstić information content (AvgIpc) is 2.74. The fourth-order valence-electron chi connectivity index (χ4n) is 2.03. The Labute approximate surface area is 116 Å². The Morgan fingerprint density at radius 2 is 2.17 bits per heavy atom. The van der Waals surface area contributed by atoms with Crippen molar-refractivity contribution in [3.63, 3.8) is 0 Å². The van der Waals surface area contributed by atoms with Gasteiger partial charge in [-0.3, -0.25) is 0 Å². The van der Waals surface area contributed by atoms with Crippen LogP contribution in [0.2, 0.25) is 5.21 Å². The number of hydrogen-bond acceptors (Lipinski definition) is 7. The molecule has 7 atom stereocenters. The molecule has 2 aliphatic rings. The van der Waals surface area contributed by atoms with Gasteiger partial charge in [-0.05, 0) is 0 Å². The first-order valence-corrected chi connectivity index (χ1v) is 9.24.